The van der Waals surface area contributed by atoms with Crippen molar-refractivity contribution in [1.82, 2.24) is 14.9 Å². The number of carbonyl (C=O) groups is 1. The third-order valence-electron chi connectivity index (χ3n) is 4.59. The molecule has 6 nitrogen and oxygen atoms in total. The number of nitrogens with one attached hydrogen (secondary N) is 1. The molecule has 0 aliphatic carbocycles. The Hall–Kier alpha value is -2.63. The molecule has 1 aromatic heterocycles. The van der Waals surface area contributed by atoms with Gasteiger partial charge in [-0.3, -0.25) is 4.79 Å². The lowest BCUT2D eigenvalue weighted by Crippen LogP contribution is -2.31. The Bertz CT molecular complexity index is 775. The van der Waals surface area contributed by atoms with Crippen LogP contribution in [-0.4, -0.2) is 40.0 Å². The number of ether oxygens (including phenoxy) is 1. The van der Waals surface area contributed by atoms with Gasteiger partial charge in [-0.1, -0.05) is 18.2 Å². The average Bonchev–Trinajstić information content (AvgIpc) is 3.03. The Morgan fingerprint density at radius 3 is 2.80 bits per heavy atom. The van der Waals surface area contributed by atoms with Crippen LogP contribution in [0.3, 0.4) is 0 Å². The van der Waals surface area contributed by atoms with E-state index in [1.165, 1.54) is 0 Å². The number of para-hydroxylation sites is 1. The molecule has 0 unspecified atom stereocenters. The zero-order valence-electron chi connectivity index (χ0n) is 14.6. The Balaban J connectivity index is 1.54. The second-order valence-electron chi connectivity index (χ2n) is 6.41. The second kappa shape index (κ2) is 7.51. The van der Waals surface area contributed by atoms with Gasteiger partial charge >= 0.3 is 5.69 Å². The quantitative estimate of drug-likeness (QED) is 0.902. The lowest BCUT2D eigenvalue weighted by molar-refractivity contribution is -0.130. The van der Waals surface area contributed by atoms with Gasteiger partial charge in [0.25, 0.3) is 0 Å². The Kier molecular flexibility index (Phi) is 5.16. The van der Waals surface area contributed by atoms with E-state index < -0.39 is 0 Å². The summed E-state index contributed by atoms with van der Waals surface area (Å²) in [5, 5.41) is 0. The van der Waals surface area contributed by atoms with Crippen molar-refractivity contribution in [3.8, 4) is 5.75 Å². The number of likely N-dealkylation sites (tertiary alicyclic amines) is 1. The summed E-state index contributed by atoms with van der Waals surface area (Å²) in [5.41, 5.74) is 2.09. The van der Waals surface area contributed by atoms with Gasteiger partial charge in [-0.25, -0.2) is 4.79 Å². The molecule has 3 rings (SSSR count). The van der Waals surface area contributed by atoms with Gasteiger partial charge in [-0.2, -0.15) is 4.98 Å². The molecule has 6 heteroatoms. The van der Waals surface area contributed by atoms with E-state index in [1.54, 1.807) is 0 Å². The van der Waals surface area contributed by atoms with Gasteiger partial charge < -0.3 is 14.6 Å². The molecule has 1 aliphatic rings. The molecular weight excluding hydrogens is 318 g/mol. The van der Waals surface area contributed by atoms with Crippen molar-refractivity contribution < 1.29 is 9.53 Å². The molecule has 1 saturated heterocycles. The van der Waals surface area contributed by atoms with Crippen LogP contribution >= 0.6 is 0 Å². The summed E-state index contributed by atoms with van der Waals surface area (Å²) in [4.78, 5) is 32.3. The van der Waals surface area contributed by atoms with Crippen LogP contribution in [-0.2, 0) is 11.2 Å². The number of carbonyl (C=O) groups excluding carboxylic acids is 1. The van der Waals surface area contributed by atoms with Gasteiger partial charge in [0.2, 0.25) is 5.91 Å². The maximum atomic E-state index is 12.5. The molecule has 1 fully saturated rings. The maximum Gasteiger partial charge on any atom is 0.345 e. The zero-order chi connectivity index (χ0) is 17.8. The summed E-state index contributed by atoms with van der Waals surface area (Å²) in [6.07, 6.45) is 1.89. The Labute approximate surface area is 146 Å². The molecule has 1 N–H and O–H groups in total. The third kappa shape index (κ3) is 4.26. The van der Waals surface area contributed by atoms with Crippen LogP contribution in [0.2, 0.25) is 0 Å². The van der Waals surface area contributed by atoms with Crippen molar-refractivity contribution in [3.63, 3.8) is 0 Å². The number of hydrogen-bond donors (Lipinski definition) is 1. The first-order chi connectivity index (χ1) is 12.0. The largest absolute Gasteiger partial charge is 0.489 e. The van der Waals surface area contributed by atoms with E-state index in [4.69, 9.17) is 4.74 Å². The number of rotatable bonds is 5. The van der Waals surface area contributed by atoms with E-state index in [1.807, 2.05) is 49.1 Å². The summed E-state index contributed by atoms with van der Waals surface area (Å²) < 4.78 is 5.93. The molecule has 2 aromatic rings. The van der Waals surface area contributed by atoms with E-state index in [0.717, 1.165) is 30.0 Å². The molecular formula is C19H23N3O3. The van der Waals surface area contributed by atoms with Gasteiger partial charge in [-0.05, 0) is 38.0 Å². The number of aromatic amines is 1. The molecule has 0 saturated carbocycles. The van der Waals surface area contributed by atoms with Crippen LogP contribution in [0.5, 0.6) is 5.75 Å². The SMILES string of the molecule is Cc1nc(=O)[nH]c(C)c1CCC(=O)N1CC[C@@H](Oc2ccccc2)C1. The molecule has 1 aromatic carbocycles. The summed E-state index contributed by atoms with van der Waals surface area (Å²) in [6, 6.07) is 9.69. The number of amides is 1. The lowest BCUT2D eigenvalue weighted by atomic mass is 10.1. The molecule has 2 heterocycles. The summed E-state index contributed by atoms with van der Waals surface area (Å²) in [7, 11) is 0. The number of hydrogen-bond acceptors (Lipinski definition) is 4. The fraction of sp³-hybridized carbons (Fsp3) is 0.421. The molecule has 25 heavy (non-hydrogen) atoms. The fourth-order valence-electron chi connectivity index (χ4n) is 3.26. The molecule has 1 atom stereocenters. The van der Waals surface area contributed by atoms with Crippen molar-refractivity contribution in [2.24, 2.45) is 0 Å². The van der Waals surface area contributed by atoms with Crippen LogP contribution in [0.1, 0.15) is 29.8 Å². The molecule has 0 spiro atoms. The summed E-state index contributed by atoms with van der Waals surface area (Å²) in [5.74, 6) is 0.955. The van der Waals surface area contributed by atoms with Crippen molar-refractivity contribution in [2.75, 3.05) is 13.1 Å². The van der Waals surface area contributed by atoms with Gasteiger partial charge in [0.1, 0.15) is 11.9 Å². The molecule has 0 bridgehead atoms. The van der Waals surface area contributed by atoms with Crippen LogP contribution in [0.25, 0.3) is 0 Å². The van der Waals surface area contributed by atoms with Gasteiger partial charge in [0, 0.05) is 30.8 Å². The molecule has 1 aliphatic heterocycles. The number of H-pyrrole nitrogens is 1. The minimum atomic E-state index is -0.342. The van der Waals surface area contributed by atoms with Crippen molar-refractivity contribution in [3.05, 3.63) is 57.8 Å². The third-order valence-corrected chi connectivity index (χ3v) is 4.59. The predicted octanol–water partition coefficient (Wildman–Crippen LogP) is 2.00. The van der Waals surface area contributed by atoms with E-state index in [2.05, 4.69) is 9.97 Å². The lowest BCUT2D eigenvalue weighted by Gasteiger charge is -2.18. The molecule has 0 radical (unpaired) electrons. The minimum Gasteiger partial charge on any atom is -0.489 e. The standard InChI is InChI=1S/C19H23N3O3/c1-13-17(14(2)21-19(24)20-13)8-9-18(23)22-11-10-16(12-22)25-15-6-4-3-5-7-15/h3-7,16H,8-12H2,1-2H3,(H,20,21,24)/t16-/m1/s1. The van der Waals surface area contributed by atoms with E-state index in [-0.39, 0.29) is 17.7 Å². The average molecular weight is 341 g/mol. The normalized spacial score (nSPS) is 16.9. The Morgan fingerprint density at radius 2 is 2.08 bits per heavy atom. The number of benzene rings is 1. The fourth-order valence-corrected chi connectivity index (χ4v) is 3.26. The highest BCUT2D eigenvalue weighted by atomic mass is 16.5. The van der Waals surface area contributed by atoms with Crippen molar-refractivity contribution in [2.45, 2.75) is 39.2 Å². The first kappa shape index (κ1) is 17.2. The second-order valence-corrected chi connectivity index (χ2v) is 6.41. The maximum absolute atomic E-state index is 12.5. The smallest absolute Gasteiger partial charge is 0.345 e. The highest BCUT2D eigenvalue weighted by Crippen LogP contribution is 2.19. The number of aromatic nitrogens is 2. The Morgan fingerprint density at radius 1 is 1.32 bits per heavy atom. The number of aryl methyl sites for hydroxylation is 2. The van der Waals surface area contributed by atoms with Gasteiger partial charge in [-0.15, -0.1) is 0 Å². The highest BCUT2D eigenvalue weighted by Gasteiger charge is 2.27. The summed E-state index contributed by atoms with van der Waals surface area (Å²) >= 11 is 0. The minimum absolute atomic E-state index is 0.0459. The van der Waals surface area contributed by atoms with E-state index >= 15 is 0 Å². The van der Waals surface area contributed by atoms with E-state index in [9.17, 15) is 9.59 Å². The highest BCUT2D eigenvalue weighted by molar-refractivity contribution is 5.76. The van der Waals surface area contributed by atoms with Crippen molar-refractivity contribution in [1.29, 1.82) is 0 Å². The monoisotopic (exact) mass is 341 g/mol. The first-order valence-corrected chi connectivity index (χ1v) is 8.59. The van der Waals surface area contributed by atoms with E-state index in [0.29, 0.717) is 25.1 Å². The molecule has 132 valence electrons. The van der Waals surface area contributed by atoms with Crippen LogP contribution in [0.15, 0.2) is 35.1 Å². The first-order valence-electron chi connectivity index (χ1n) is 8.59. The number of nitrogens with zero attached hydrogens (tertiary/aromatic N) is 2. The van der Waals surface area contributed by atoms with Crippen LogP contribution in [0, 0.1) is 13.8 Å². The molecule has 1 amide bonds. The predicted molar refractivity (Wildman–Crippen MR) is 94.7 cm³/mol. The van der Waals surface area contributed by atoms with Crippen molar-refractivity contribution >= 4 is 5.91 Å². The zero-order valence-corrected chi connectivity index (χ0v) is 14.6. The van der Waals surface area contributed by atoms with Crippen LogP contribution in [0.4, 0.5) is 0 Å². The topological polar surface area (TPSA) is 75.3 Å². The van der Waals surface area contributed by atoms with Gasteiger partial charge in [0.15, 0.2) is 0 Å². The van der Waals surface area contributed by atoms with Gasteiger partial charge in [0.05, 0.1) is 6.54 Å². The van der Waals surface area contributed by atoms with Crippen LogP contribution < -0.4 is 10.4 Å². The summed E-state index contributed by atoms with van der Waals surface area (Å²) in [6.45, 7) is 4.99.